The molecule has 1 aromatic rings. The number of hydrogen-bond donors (Lipinski definition) is 0. The van der Waals surface area contributed by atoms with E-state index < -0.39 is 0 Å². The Balaban J connectivity index is 2.18. The number of carbonyl (C=O) groups is 2. The smallest absolute Gasteiger partial charge is 0.257 e. The average molecular weight is 306 g/mol. The molecule has 1 fully saturated rings. The Bertz CT molecular complexity index is 559. The lowest BCUT2D eigenvalue weighted by Crippen LogP contribution is -2.36. The van der Waals surface area contributed by atoms with Gasteiger partial charge < -0.3 is 19.3 Å². The van der Waals surface area contributed by atoms with Gasteiger partial charge in [-0.25, -0.2) is 0 Å². The SMILES string of the molecule is COc1ccc(OC)c(C(=O)N2CCCN(C(C)=O)CC2)c1. The summed E-state index contributed by atoms with van der Waals surface area (Å²) in [6, 6.07) is 5.18. The fourth-order valence-electron chi connectivity index (χ4n) is 2.59. The first-order chi connectivity index (χ1) is 10.6. The molecule has 6 nitrogen and oxygen atoms in total. The van der Waals surface area contributed by atoms with E-state index in [1.807, 2.05) is 0 Å². The van der Waals surface area contributed by atoms with E-state index in [0.29, 0.717) is 43.2 Å². The first kappa shape index (κ1) is 16.1. The van der Waals surface area contributed by atoms with Crippen molar-refractivity contribution in [1.29, 1.82) is 0 Å². The van der Waals surface area contributed by atoms with Crippen LogP contribution in [0.2, 0.25) is 0 Å². The number of benzene rings is 1. The van der Waals surface area contributed by atoms with E-state index in [1.54, 1.807) is 49.1 Å². The van der Waals surface area contributed by atoms with E-state index in [0.717, 1.165) is 6.42 Å². The maximum Gasteiger partial charge on any atom is 0.257 e. The monoisotopic (exact) mass is 306 g/mol. The molecule has 6 heteroatoms. The van der Waals surface area contributed by atoms with Crippen molar-refractivity contribution in [2.24, 2.45) is 0 Å². The number of ether oxygens (including phenoxy) is 2. The molecule has 0 atom stereocenters. The van der Waals surface area contributed by atoms with Crippen LogP contribution in [0.25, 0.3) is 0 Å². The van der Waals surface area contributed by atoms with Crippen molar-refractivity contribution >= 4 is 11.8 Å². The van der Waals surface area contributed by atoms with Gasteiger partial charge in [0, 0.05) is 33.1 Å². The minimum absolute atomic E-state index is 0.0493. The highest BCUT2D eigenvalue weighted by Crippen LogP contribution is 2.25. The third-order valence-electron chi connectivity index (χ3n) is 3.87. The molecule has 2 amide bonds. The predicted molar refractivity (Wildman–Crippen MR) is 82.3 cm³/mol. The molecule has 1 aliphatic heterocycles. The lowest BCUT2D eigenvalue weighted by atomic mass is 10.1. The zero-order chi connectivity index (χ0) is 16.1. The predicted octanol–water partition coefficient (Wildman–Crippen LogP) is 1.40. The van der Waals surface area contributed by atoms with Crippen molar-refractivity contribution < 1.29 is 19.1 Å². The van der Waals surface area contributed by atoms with Gasteiger partial charge in [0.2, 0.25) is 5.91 Å². The molecule has 0 saturated carbocycles. The summed E-state index contributed by atoms with van der Waals surface area (Å²) in [7, 11) is 3.10. The number of rotatable bonds is 3. The van der Waals surface area contributed by atoms with Crippen LogP contribution in [-0.4, -0.2) is 62.0 Å². The fraction of sp³-hybridized carbons (Fsp3) is 0.500. The molecule has 1 heterocycles. The third-order valence-corrected chi connectivity index (χ3v) is 3.87. The first-order valence-corrected chi connectivity index (χ1v) is 7.33. The largest absolute Gasteiger partial charge is 0.497 e. The fourth-order valence-corrected chi connectivity index (χ4v) is 2.59. The van der Waals surface area contributed by atoms with Gasteiger partial charge in [0.05, 0.1) is 19.8 Å². The third kappa shape index (κ3) is 3.50. The van der Waals surface area contributed by atoms with E-state index >= 15 is 0 Å². The number of nitrogens with zero attached hydrogens (tertiary/aromatic N) is 2. The topological polar surface area (TPSA) is 59.1 Å². The zero-order valence-electron chi connectivity index (χ0n) is 13.3. The average Bonchev–Trinajstić information content (AvgIpc) is 2.79. The maximum absolute atomic E-state index is 12.8. The van der Waals surface area contributed by atoms with Gasteiger partial charge in [-0.05, 0) is 24.6 Å². The lowest BCUT2D eigenvalue weighted by molar-refractivity contribution is -0.128. The van der Waals surface area contributed by atoms with Crippen LogP contribution in [0.15, 0.2) is 18.2 Å². The zero-order valence-corrected chi connectivity index (χ0v) is 13.3. The quantitative estimate of drug-likeness (QED) is 0.847. The number of methoxy groups -OCH3 is 2. The molecule has 0 unspecified atom stereocenters. The molecule has 0 aliphatic carbocycles. The maximum atomic E-state index is 12.8. The van der Waals surface area contributed by atoms with Crippen molar-refractivity contribution in [3.8, 4) is 11.5 Å². The second-order valence-corrected chi connectivity index (χ2v) is 5.22. The normalized spacial score (nSPS) is 15.2. The van der Waals surface area contributed by atoms with Crippen LogP contribution in [0.3, 0.4) is 0 Å². The van der Waals surface area contributed by atoms with Crippen LogP contribution in [0.5, 0.6) is 11.5 Å². The van der Waals surface area contributed by atoms with Crippen LogP contribution >= 0.6 is 0 Å². The van der Waals surface area contributed by atoms with Crippen LogP contribution in [0.1, 0.15) is 23.7 Å². The van der Waals surface area contributed by atoms with E-state index in [1.165, 1.54) is 0 Å². The molecule has 2 rings (SSSR count). The molecule has 120 valence electrons. The standard InChI is InChI=1S/C16H22N2O4/c1-12(19)17-7-4-8-18(10-9-17)16(20)14-11-13(21-2)5-6-15(14)22-3/h5-6,11H,4,7-10H2,1-3H3. The summed E-state index contributed by atoms with van der Waals surface area (Å²) in [5.41, 5.74) is 0.484. The van der Waals surface area contributed by atoms with Gasteiger partial charge in [-0.15, -0.1) is 0 Å². The molecule has 0 radical (unpaired) electrons. The van der Waals surface area contributed by atoms with E-state index in [9.17, 15) is 9.59 Å². The summed E-state index contributed by atoms with van der Waals surface area (Å²) in [5.74, 6) is 1.09. The number of amides is 2. The molecule has 0 aromatic heterocycles. The second-order valence-electron chi connectivity index (χ2n) is 5.22. The van der Waals surface area contributed by atoms with Crippen molar-refractivity contribution in [2.45, 2.75) is 13.3 Å². The minimum atomic E-state index is -0.0962. The van der Waals surface area contributed by atoms with Gasteiger partial charge in [0.15, 0.2) is 0 Å². The summed E-state index contributed by atoms with van der Waals surface area (Å²) in [4.78, 5) is 27.8. The molecular weight excluding hydrogens is 284 g/mol. The van der Waals surface area contributed by atoms with Crippen molar-refractivity contribution in [3.63, 3.8) is 0 Å². The highest BCUT2D eigenvalue weighted by molar-refractivity contribution is 5.97. The van der Waals surface area contributed by atoms with Gasteiger partial charge in [0.25, 0.3) is 5.91 Å². The Morgan fingerprint density at radius 1 is 1.00 bits per heavy atom. The molecule has 1 aromatic carbocycles. The Morgan fingerprint density at radius 2 is 1.68 bits per heavy atom. The van der Waals surface area contributed by atoms with E-state index in [2.05, 4.69) is 0 Å². The van der Waals surface area contributed by atoms with Crippen molar-refractivity contribution in [2.75, 3.05) is 40.4 Å². The van der Waals surface area contributed by atoms with Gasteiger partial charge in [-0.3, -0.25) is 9.59 Å². The van der Waals surface area contributed by atoms with Gasteiger partial charge >= 0.3 is 0 Å². The van der Waals surface area contributed by atoms with Crippen molar-refractivity contribution in [1.82, 2.24) is 9.80 Å². The Kier molecular flexibility index (Phi) is 5.25. The summed E-state index contributed by atoms with van der Waals surface area (Å²) >= 11 is 0. The number of hydrogen-bond acceptors (Lipinski definition) is 4. The van der Waals surface area contributed by atoms with Gasteiger partial charge in [0.1, 0.15) is 11.5 Å². The van der Waals surface area contributed by atoms with E-state index in [4.69, 9.17) is 9.47 Å². The molecule has 0 bridgehead atoms. The lowest BCUT2D eigenvalue weighted by Gasteiger charge is -2.22. The van der Waals surface area contributed by atoms with Gasteiger partial charge in [-0.1, -0.05) is 0 Å². The molecule has 0 spiro atoms. The summed E-state index contributed by atoms with van der Waals surface area (Å²) in [6.07, 6.45) is 0.775. The van der Waals surface area contributed by atoms with Gasteiger partial charge in [-0.2, -0.15) is 0 Å². The van der Waals surface area contributed by atoms with Crippen LogP contribution in [0.4, 0.5) is 0 Å². The molecule has 1 saturated heterocycles. The highest BCUT2D eigenvalue weighted by Gasteiger charge is 2.23. The molecule has 22 heavy (non-hydrogen) atoms. The Labute approximate surface area is 130 Å². The van der Waals surface area contributed by atoms with Crippen LogP contribution < -0.4 is 9.47 Å². The summed E-state index contributed by atoms with van der Waals surface area (Å²) < 4.78 is 10.5. The molecule has 1 aliphatic rings. The first-order valence-electron chi connectivity index (χ1n) is 7.33. The van der Waals surface area contributed by atoms with Crippen LogP contribution in [0, 0.1) is 0 Å². The van der Waals surface area contributed by atoms with Crippen molar-refractivity contribution in [3.05, 3.63) is 23.8 Å². The number of carbonyl (C=O) groups excluding carboxylic acids is 2. The Morgan fingerprint density at radius 3 is 2.32 bits per heavy atom. The highest BCUT2D eigenvalue weighted by atomic mass is 16.5. The van der Waals surface area contributed by atoms with Crippen LogP contribution in [-0.2, 0) is 4.79 Å². The summed E-state index contributed by atoms with van der Waals surface area (Å²) in [5, 5.41) is 0. The molecule has 0 N–H and O–H groups in total. The molecular formula is C16H22N2O4. The Hall–Kier alpha value is -2.24. The second kappa shape index (κ2) is 7.15. The summed E-state index contributed by atoms with van der Waals surface area (Å²) in [6.45, 7) is 3.96. The minimum Gasteiger partial charge on any atom is -0.497 e. The van der Waals surface area contributed by atoms with E-state index in [-0.39, 0.29) is 11.8 Å².